The van der Waals surface area contributed by atoms with Crippen molar-refractivity contribution in [3.8, 4) is 0 Å². The zero-order valence-corrected chi connectivity index (χ0v) is 12.3. The smallest absolute Gasteiger partial charge is 0.208 e. The first-order valence-electron chi connectivity index (χ1n) is 7.04. The minimum absolute atomic E-state index is 0.404. The maximum atomic E-state index is 5.66. The summed E-state index contributed by atoms with van der Waals surface area (Å²) in [6, 6.07) is 0.859. The van der Waals surface area contributed by atoms with Gasteiger partial charge in [-0.25, -0.2) is 10.8 Å². The third-order valence-electron chi connectivity index (χ3n) is 3.53. The highest BCUT2D eigenvalue weighted by Gasteiger charge is 2.20. The molecule has 1 atom stereocenters. The first-order valence-corrected chi connectivity index (χ1v) is 7.04. The van der Waals surface area contributed by atoms with Crippen LogP contribution in [0.25, 0.3) is 0 Å². The van der Waals surface area contributed by atoms with E-state index in [0.717, 1.165) is 19.0 Å². The number of likely N-dealkylation sites (N-methyl/N-ethyl adjacent to an activating group) is 2. The Labute approximate surface area is 111 Å². The van der Waals surface area contributed by atoms with Gasteiger partial charge in [0.25, 0.3) is 0 Å². The molecule has 3 N–H and O–H groups in total. The Kier molecular flexibility index (Phi) is 6.43. The number of hydrogen-bond acceptors (Lipinski definition) is 3. The topological polar surface area (TPSA) is 56.9 Å². The molecule has 1 aliphatic rings. The molecule has 0 spiro atoms. The summed E-state index contributed by atoms with van der Waals surface area (Å²) in [7, 11) is 4.18. The van der Waals surface area contributed by atoms with Crippen molar-refractivity contribution >= 4 is 5.96 Å². The molecule has 0 bridgehead atoms. The fourth-order valence-corrected chi connectivity index (χ4v) is 2.70. The normalized spacial score (nSPS) is 19.3. The van der Waals surface area contributed by atoms with Gasteiger partial charge in [0, 0.05) is 19.1 Å². The minimum atomic E-state index is 0.404. The lowest BCUT2D eigenvalue weighted by Gasteiger charge is -2.32. The van der Waals surface area contributed by atoms with E-state index in [9.17, 15) is 0 Å². The van der Waals surface area contributed by atoms with E-state index in [1.807, 2.05) is 0 Å². The molecule has 0 aromatic carbocycles. The van der Waals surface area contributed by atoms with E-state index in [4.69, 9.17) is 10.8 Å². The summed E-state index contributed by atoms with van der Waals surface area (Å²) in [5.74, 6) is 6.51. The number of aliphatic imine (C=N–C) groups is 1. The van der Waals surface area contributed by atoms with Gasteiger partial charge in [0.15, 0.2) is 0 Å². The molecule has 0 radical (unpaired) electrons. The SMILES string of the molecule is CCN(C(=NC1CCCC1)NN)C(C)CN(C)C. The molecule has 106 valence electrons. The van der Waals surface area contributed by atoms with E-state index in [0.29, 0.717) is 12.1 Å². The largest absolute Gasteiger partial charge is 0.338 e. The fraction of sp³-hybridized carbons (Fsp3) is 0.923. The van der Waals surface area contributed by atoms with Gasteiger partial charge in [-0.2, -0.15) is 0 Å². The van der Waals surface area contributed by atoms with Gasteiger partial charge in [-0.1, -0.05) is 12.8 Å². The fourth-order valence-electron chi connectivity index (χ4n) is 2.70. The van der Waals surface area contributed by atoms with Crippen LogP contribution in [0.2, 0.25) is 0 Å². The second-order valence-corrected chi connectivity index (χ2v) is 5.43. The maximum Gasteiger partial charge on any atom is 0.208 e. The van der Waals surface area contributed by atoms with E-state index in [-0.39, 0.29) is 0 Å². The molecular formula is C13H29N5. The van der Waals surface area contributed by atoms with Gasteiger partial charge in [0.05, 0.1) is 6.04 Å². The lowest BCUT2D eigenvalue weighted by molar-refractivity contribution is 0.257. The molecule has 1 aliphatic carbocycles. The molecule has 1 fully saturated rings. The van der Waals surface area contributed by atoms with Crippen molar-refractivity contribution in [1.29, 1.82) is 0 Å². The lowest BCUT2D eigenvalue weighted by Crippen LogP contribution is -2.51. The Balaban J connectivity index is 2.69. The molecule has 18 heavy (non-hydrogen) atoms. The average molecular weight is 255 g/mol. The second-order valence-electron chi connectivity index (χ2n) is 5.43. The van der Waals surface area contributed by atoms with Crippen molar-refractivity contribution in [2.24, 2.45) is 10.8 Å². The number of hydrazine groups is 1. The van der Waals surface area contributed by atoms with Crippen LogP contribution in [0.1, 0.15) is 39.5 Å². The summed E-state index contributed by atoms with van der Waals surface area (Å²) in [5, 5.41) is 0. The highest BCUT2D eigenvalue weighted by molar-refractivity contribution is 5.79. The maximum absolute atomic E-state index is 5.66. The molecule has 0 aromatic heterocycles. The van der Waals surface area contributed by atoms with Crippen molar-refractivity contribution < 1.29 is 0 Å². The standard InChI is InChI=1S/C13H29N5/c1-5-18(11(2)10-17(3)4)13(16-14)15-12-8-6-7-9-12/h11-12H,5-10,14H2,1-4H3,(H,15,16). The van der Waals surface area contributed by atoms with Crippen LogP contribution >= 0.6 is 0 Å². The average Bonchev–Trinajstić information content (AvgIpc) is 2.80. The van der Waals surface area contributed by atoms with Gasteiger partial charge in [-0.3, -0.25) is 5.43 Å². The Bertz CT molecular complexity index is 258. The molecular weight excluding hydrogens is 226 g/mol. The van der Waals surface area contributed by atoms with Crippen molar-refractivity contribution in [2.75, 3.05) is 27.2 Å². The number of nitrogens with zero attached hydrogens (tertiary/aromatic N) is 3. The summed E-state index contributed by atoms with van der Waals surface area (Å²) >= 11 is 0. The van der Waals surface area contributed by atoms with E-state index in [1.165, 1.54) is 25.7 Å². The second kappa shape index (κ2) is 7.59. The summed E-state index contributed by atoms with van der Waals surface area (Å²) in [6.07, 6.45) is 4.99. The zero-order chi connectivity index (χ0) is 13.5. The lowest BCUT2D eigenvalue weighted by atomic mass is 10.2. The van der Waals surface area contributed by atoms with E-state index >= 15 is 0 Å². The predicted octanol–water partition coefficient (Wildman–Crippen LogP) is 1.02. The molecule has 0 heterocycles. The molecule has 0 aliphatic heterocycles. The predicted molar refractivity (Wildman–Crippen MR) is 77.4 cm³/mol. The first kappa shape index (κ1) is 15.2. The Morgan fingerprint density at radius 3 is 2.44 bits per heavy atom. The van der Waals surface area contributed by atoms with Gasteiger partial charge in [-0.05, 0) is 40.8 Å². The van der Waals surface area contributed by atoms with Crippen LogP contribution in [0.3, 0.4) is 0 Å². The van der Waals surface area contributed by atoms with Crippen molar-refractivity contribution in [3.05, 3.63) is 0 Å². The molecule has 0 aromatic rings. The summed E-state index contributed by atoms with van der Waals surface area (Å²) < 4.78 is 0. The molecule has 0 amide bonds. The molecule has 1 rings (SSSR count). The summed E-state index contributed by atoms with van der Waals surface area (Å²) in [4.78, 5) is 9.22. The quantitative estimate of drug-likeness (QED) is 0.333. The minimum Gasteiger partial charge on any atom is -0.338 e. The van der Waals surface area contributed by atoms with Crippen molar-refractivity contribution in [1.82, 2.24) is 15.2 Å². The molecule has 5 heteroatoms. The van der Waals surface area contributed by atoms with Crippen LogP contribution in [0.5, 0.6) is 0 Å². The Morgan fingerprint density at radius 1 is 1.39 bits per heavy atom. The van der Waals surface area contributed by atoms with Crippen LogP contribution in [0.15, 0.2) is 4.99 Å². The van der Waals surface area contributed by atoms with Gasteiger partial charge in [-0.15, -0.1) is 0 Å². The van der Waals surface area contributed by atoms with Gasteiger partial charge in [0.1, 0.15) is 0 Å². The number of rotatable bonds is 5. The number of nitrogens with one attached hydrogen (secondary N) is 1. The van der Waals surface area contributed by atoms with E-state index in [2.05, 4.69) is 43.2 Å². The molecule has 1 saturated carbocycles. The Morgan fingerprint density at radius 2 is 2.00 bits per heavy atom. The molecule has 0 saturated heterocycles. The van der Waals surface area contributed by atoms with Crippen molar-refractivity contribution in [2.45, 2.75) is 51.6 Å². The Hall–Kier alpha value is -0.810. The summed E-state index contributed by atoms with van der Waals surface area (Å²) in [5.41, 5.74) is 2.79. The van der Waals surface area contributed by atoms with Gasteiger partial charge < -0.3 is 9.80 Å². The van der Waals surface area contributed by atoms with Crippen LogP contribution in [-0.2, 0) is 0 Å². The molecule has 5 nitrogen and oxygen atoms in total. The third-order valence-corrected chi connectivity index (χ3v) is 3.53. The van der Waals surface area contributed by atoms with Crippen LogP contribution in [0.4, 0.5) is 0 Å². The highest BCUT2D eigenvalue weighted by atomic mass is 15.4. The van der Waals surface area contributed by atoms with Crippen LogP contribution in [0, 0.1) is 0 Å². The highest BCUT2D eigenvalue weighted by Crippen LogP contribution is 2.21. The molecule has 1 unspecified atom stereocenters. The van der Waals surface area contributed by atoms with Gasteiger partial charge in [0.2, 0.25) is 5.96 Å². The summed E-state index contributed by atoms with van der Waals surface area (Å²) in [6.45, 7) is 6.28. The first-order chi connectivity index (χ1) is 8.58. The van der Waals surface area contributed by atoms with Crippen LogP contribution < -0.4 is 11.3 Å². The van der Waals surface area contributed by atoms with E-state index in [1.54, 1.807) is 0 Å². The van der Waals surface area contributed by atoms with Gasteiger partial charge >= 0.3 is 0 Å². The van der Waals surface area contributed by atoms with E-state index < -0.39 is 0 Å². The van der Waals surface area contributed by atoms with Crippen molar-refractivity contribution in [3.63, 3.8) is 0 Å². The monoisotopic (exact) mass is 255 g/mol. The zero-order valence-electron chi connectivity index (χ0n) is 12.3. The third kappa shape index (κ3) is 4.46. The number of guanidine groups is 1. The van der Waals surface area contributed by atoms with Crippen LogP contribution in [-0.4, -0.2) is 55.0 Å². The number of nitrogens with two attached hydrogens (primary N) is 1. The number of hydrogen-bond donors (Lipinski definition) is 2.